The maximum absolute atomic E-state index is 12.1. The van der Waals surface area contributed by atoms with Crippen molar-refractivity contribution < 1.29 is 19.5 Å². The van der Waals surface area contributed by atoms with Crippen molar-refractivity contribution in [2.24, 2.45) is 0 Å². The summed E-state index contributed by atoms with van der Waals surface area (Å²) in [6.45, 7) is 1.85. The molecule has 0 unspecified atom stereocenters. The van der Waals surface area contributed by atoms with Crippen molar-refractivity contribution in [3.63, 3.8) is 0 Å². The van der Waals surface area contributed by atoms with Crippen LogP contribution in [-0.4, -0.2) is 22.9 Å². The van der Waals surface area contributed by atoms with Crippen LogP contribution < -0.4 is 10.6 Å². The first-order chi connectivity index (χ1) is 11.0. The molecule has 0 saturated heterocycles. The topological polar surface area (TPSA) is 95.5 Å². The number of hydrogen-bond acceptors (Lipinski definition) is 3. The monoisotopic (exact) mass is 312 g/mol. The van der Waals surface area contributed by atoms with E-state index in [0.29, 0.717) is 17.8 Å². The third-order valence-corrected chi connectivity index (χ3v) is 3.15. The lowest BCUT2D eigenvalue weighted by atomic mass is 10.1. The van der Waals surface area contributed by atoms with Gasteiger partial charge in [-0.3, -0.25) is 9.59 Å². The molecule has 2 rings (SSSR count). The van der Waals surface area contributed by atoms with Gasteiger partial charge in [0.2, 0.25) is 5.91 Å². The fourth-order valence-electron chi connectivity index (χ4n) is 1.90. The highest BCUT2D eigenvalue weighted by atomic mass is 16.4. The molecule has 0 aliphatic rings. The summed E-state index contributed by atoms with van der Waals surface area (Å²) in [6.07, 6.45) is 0. The Labute approximate surface area is 133 Å². The Balaban J connectivity index is 2.00. The summed E-state index contributed by atoms with van der Waals surface area (Å²) in [6, 6.07) is 12.8. The summed E-state index contributed by atoms with van der Waals surface area (Å²) < 4.78 is 0. The van der Waals surface area contributed by atoms with Gasteiger partial charge in [-0.15, -0.1) is 0 Å². The van der Waals surface area contributed by atoms with Crippen LogP contribution >= 0.6 is 0 Å². The average molecular weight is 312 g/mol. The molecule has 2 amide bonds. The van der Waals surface area contributed by atoms with Crippen molar-refractivity contribution in [3.05, 3.63) is 65.2 Å². The smallest absolute Gasteiger partial charge is 0.335 e. The van der Waals surface area contributed by atoms with Crippen molar-refractivity contribution in [2.45, 2.75) is 13.5 Å². The molecule has 3 N–H and O–H groups in total. The number of benzene rings is 2. The number of carboxylic acids is 1. The molecule has 0 saturated carbocycles. The molecule has 6 heteroatoms. The first kappa shape index (κ1) is 16.2. The minimum atomic E-state index is -1.02. The van der Waals surface area contributed by atoms with Gasteiger partial charge in [0.15, 0.2) is 0 Å². The minimum absolute atomic E-state index is 0.114. The second kappa shape index (κ2) is 7.22. The summed E-state index contributed by atoms with van der Waals surface area (Å²) in [5.41, 5.74) is 2.04. The Morgan fingerprint density at radius 2 is 1.48 bits per heavy atom. The number of carboxylic acid groups (broad SMARTS) is 1. The molecule has 0 heterocycles. The quantitative estimate of drug-likeness (QED) is 0.789. The van der Waals surface area contributed by atoms with E-state index in [2.05, 4.69) is 10.6 Å². The lowest BCUT2D eigenvalue weighted by Crippen LogP contribution is -2.19. The standard InChI is InChI=1S/C17H16N2O4/c1-11(20)18-10-12-2-4-13(5-3-12)16(21)19-15-8-6-14(7-9-15)17(22)23/h2-9H,10H2,1H3,(H,18,20)(H,19,21)(H,22,23). The van der Waals surface area contributed by atoms with E-state index in [1.54, 1.807) is 24.3 Å². The van der Waals surface area contributed by atoms with Crippen molar-refractivity contribution in [1.29, 1.82) is 0 Å². The zero-order valence-electron chi connectivity index (χ0n) is 12.5. The van der Waals surface area contributed by atoms with Gasteiger partial charge in [-0.25, -0.2) is 4.79 Å². The molecule has 118 valence electrons. The van der Waals surface area contributed by atoms with Crippen LogP contribution in [-0.2, 0) is 11.3 Å². The first-order valence-corrected chi connectivity index (χ1v) is 6.94. The third-order valence-electron chi connectivity index (χ3n) is 3.15. The predicted molar refractivity (Wildman–Crippen MR) is 85.3 cm³/mol. The number of rotatable bonds is 5. The van der Waals surface area contributed by atoms with Crippen LogP contribution in [0.4, 0.5) is 5.69 Å². The molecule has 23 heavy (non-hydrogen) atoms. The molecule has 0 aliphatic carbocycles. The summed E-state index contributed by atoms with van der Waals surface area (Å²) in [5, 5.41) is 14.2. The van der Waals surface area contributed by atoms with Gasteiger partial charge >= 0.3 is 5.97 Å². The van der Waals surface area contributed by atoms with E-state index in [1.165, 1.54) is 31.2 Å². The molecule has 0 atom stereocenters. The molecule has 6 nitrogen and oxygen atoms in total. The maximum Gasteiger partial charge on any atom is 0.335 e. The van der Waals surface area contributed by atoms with Crippen molar-refractivity contribution in [3.8, 4) is 0 Å². The predicted octanol–water partition coefficient (Wildman–Crippen LogP) is 2.27. The van der Waals surface area contributed by atoms with Crippen LogP contribution in [0.3, 0.4) is 0 Å². The molecule has 0 aromatic heterocycles. The van der Waals surface area contributed by atoms with Crippen LogP contribution in [0.5, 0.6) is 0 Å². The van der Waals surface area contributed by atoms with Gasteiger partial charge in [0.1, 0.15) is 0 Å². The Kier molecular flexibility index (Phi) is 5.09. The largest absolute Gasteiger partial charge is 0.478 e. The zero-order chi connectivity index (χ0) is 16.8. The molecule has 0 fully saturated rings. The number of carbonyl (C=O) groups excluding carboxylic acids is 2. The Morgan fingerprint density at radius 1 is 0.913 bits per heavy atom. The highest BCUT2D eigenvalue weighted by Crippen LogP contribution is 2.12. The van der Waals surface area contributed by atoms with Gasteiger partial charge in [-0.2, -0.15) is 0 Å². The number of nitrogens with one attached hydrogen (secondary N) is 2. The summed E-state index contributed by atoms with van der Waals surface area (Å²) in [4.78, 5) is 33.7. The highest BCUT2D eigenvalue weighted by molar-refractivity contribution is 6.04. The van der Waals surface area contributed by atoms with E-state index in [1.807, 2.05) is 0 Å². The van der Waals surface area contributed by atoms with Gasteiger partial charge in [0, 0.05) is 24.7 Å². The zero-order valence-corrected chi connectivity index (χ0v) is 12.5. The lowest BCUT2D eigenvalue weighted by Gasteiger charge is -2.07. The molecular weight excluding hydrogens is 296 g/mol. The molecule has 2 aromatic carbocycles. The van der Waals surface area contributed by atoms with Gasteiger partial charge < -0.3 is 15.7 Å². The minimum Gasteiger partial charge on any atom is -0.478 e. The van der Waals surface area contributed by atoms with Crippen molar-refractivity contribution >= 4 is 23.5 Å². The third kappa shape index (κ3) is 4.67. The molecule has 0 radical (unpaired) electrons. The van der Waals surface area contributed by atoms with E-state index in [4.69, 9.17) is 5.11 Å². The number of carbonyl (C=O) groups is 3. The molecule has 2 aromatic rings. The maximum atomic E-state index is 12.1. The van der Waals surface area contributed by atoms with Crippen LogP contribution in [0.15, 0.2) is 48.5 Å². The van der Waals surface area contributed by atoms with Gasteiger partial charge in [0.25, 0.3) is 5.91 Å². The molecule has 0 aliphatic heterocycles. The Morgan fingerprint density at radius 3 is 2.00 bits per heavy atom. The number of hydrogen-bond donors (Lipinski definition) is 3. The van der Waals surface area contributed by atoms with Gasteiger partial charge in [-0.05, 0) is 42.0 Å². The van der Waals surface area contributed by atoms with E-state index in [9.17, 15) is 14.4 Å². The van der Waals surface area contributed by atoms with E-state index in [-0.39, 0.29) is 17.4 Å². The number of amides is 2. The van der Waals surface area contributed by atoms with Crippen LogP contribution in [0.2, 0.25) is 0 Å². The Hall–Kier alpha value is -3.15. The fourth-order valence-corrected chi connectivity index (χ4v) is 1.90. The average Bonchev–Trinajstić information content (AvgIpc) is 2.54. The summed E-state index contributed by atoms with van der Waals surface area (Å²) in [7, 11) is 0. The second-order valence-corrected chi connectivity index (χ2v) is 4.94. The fraction of sp³-hybridized carbons (Fsp3) is 0.118. The SMILES string of the molecule is CC(=O)NCc1ccc(C(=O)Nc2ccc(C(=O)O)cc2)cc1. The van der Waals surface area contributed by atoms with E-state index in [0.717, 1.165) is 5.56 Å². The van der Waals surface area contributed by atoms with Crippen LogP contribution in [0.25, 0.3) is 0 Å². The highest BCUT2D eigenvalue weighted by Gasteiger charge is 2.07. The first-order valence-electron chi connectivity index (χ1n) is 6.94. The number of aromatic carboxylic acids is 1. The van der Waals surface area contributed by atoms with Crippen molar-refractivity contribution in [2.75, 3.05) is 5.32 Å². The van der Waals surface area contributed by atoms with Crippen LogP contribution in [0, 0.1) is 0 Å². The van der Waals surface area contributed by atoms with Gasteiger partial charge in [-0.1, -0.05) is 12.1 Å². The van der Waals surface area contributed by atoms with E-state index < -0.39 is 5.97 Å². The van der Waals surface area contributed by atoms with E-state index >= 15 is 0 Å². The Bertz CT molecular complexity index is 721. The summed E-state index contributed by atoms with van der Waals surface area (Å²) in [5.74, 6) is -1.42. The number of anilines is 1. The second-order valence-electron chi connectivity index (χ2n) is 4.94. The summed E-state index contributed by atoms with van der Waals surface area (Å²) >= 11 is 0. The van der Waals surface area contributed by atoms with Crippen LogP contribution in [0.1, 0.15) is 33.2 Å². The molecule has 0 spiro atoms. The molecular formula is C17H16N2O4. The normalized spacial score (nSPS) is 9.96. The van der Waals surface area contributed by atoms with Crippen molar-refractivity contribution in [1.82, 2.24) is 5.32 Å². The molecule has 0 bridgehead atoms. The lowest BCUT2D eigenvalue weighted by molar-refractivity contribution is -0.119. The van der Waals surface area contributed by atoms with Gasteiger partial charge in [0.05, 0.1) is 5.56 Å².